The summed E-state index contributed by atoms with van der Waals surface area (Å²) in [7, 11) is 0. The number of nitrogens with one attached hydrogen (secondary N) is 1. The molecule has 0 spiro atoms. The summed E-state index contributed by atoms with van der Waals surface area (Å²) in [4.78, 5) is 10.2. The van der Waals surface area contributed by atoms with Gasteiger partial charge < -0.3 is 10.4 Å². The van der Waals surface area contributed by atoms with Gasteiger partial charge in [0.1, 0.15) is 16.5 Å². The molecule has 0 saturated heterocycles. The highest BCUT2D eigenvalue weighted by Gasteiger charge is 2.14. The standard InChI is InChI=1S/C17H23N5OS/c1-11(2)6-14-10-24-17-15(14)16(20-12(3)21-17)18-7-13-8-19-22(9-13)4-5-23/h8-11,23H,4-7H2,1-3H3,(H,18,20,21). The molecule has 2 N–H and O–H groups in total. The first-order valence-corrected chi connectivity index (χ1v) is 9.05. The highest BCUT2D eigenvalue weighted by atomic mass is 32.1. The summed E-state index contributed by atoms with van der Waals surface area (Å²) in [6, 6.07) is 0. The number of rotatable bonds is 7. The number of thiophene rings is 1. The molecule has 3 aromatic rings. The minimum absolute atomic E-state index is 0.0910. The number of aromatic nitrogens is 4. The van der Waals surface area contributed by atoms with Crippen molar-refractivity contribution in [1.82, 2.24) is 19.7 Å². The third kappa shape index (κ3) is 3.73. The van der Waals surface area contributed by atoms with Gasteiger partial charge in [-0.2, -0.15) is 5.10 Å². The fourth-order valence-electron chi connectivity index (χ4n) is 2.73. The molecule has 3 aromatic heterocycles. The largest absolute Gasteiger partial charge is 0.394 e. The molecule has 0 fully saturated rings. The van der Waals surface area contributed by atoms with Crippen molar-refractivity contribution in [2.45, 2.75) is 40.3 Å². The number of fused-ring (bicyclic) bond motifs is 1. The predicted molar refractivity (Wildman–Crippen MR) is 97.3 cm³/mol. The van der Waals surface area contributed by atoms with E-state index in [1.54, 1.807) is 16.0 Å². The van der Waals surface area contributed by atoms with Gasteiger partial charge in [-0.1, -0.05) is 13.8 Å². The maximum atomic E-state index is 8.97. The lowest BCUT2D eigenvalue weighted by molar-refractivity contribution is 0.269. The molecule has 0 bridgehead atoms. The van der Waals surface area contributed by atoms with Crippen LogP contribution in [0.4, 0.5) is 5.82 Å². The van der Waals surface area contributed by atoms with Crippen molar-refractivity contribution in [3.05, 3.63) is 34.7 Å². The van der Waals surface area contributed by atoms with Crippen molar-refractivity contribution in [2.24, 2.45) is 5.92 Å². The third-order valence-electron chi connectivity index (χ3n) is 3.73. The van der Waals surface area contributed by atoms with Crippen LogP contribution in [0.2, 0.25) is 0 Å². The van der Waals surface area contributed by atoms with Crippen LogP contribution >= 0.6 is 11.3 Å². The predicted octanol–water partition coefficient (Wildman–Crippen LogP) is 3.00. The molecular formula is C17H23N5OS. The van der Waals surface area contributed by atoms with Crippen molar-refractivity contribution in [3.63, 3.8) is 0 Å². The molecule has 7 heteroatoms. The summed E-state index contributed by atoms with van der Waals surface area (Å²) in [6.45, 7) is 7.62. The number of hydrogen-bond donors (Lipinski definition) is 2. The van der Waals surface area contributed by atoms with E-state index in [-0.39, 0.29) is 6.61 Å². The van der Waals surface area contributed by atoms with Crippen LogP contribution in [0.1, 0.15) is 30.8 Å². The number of aryl methyl sites for hydroxylation is 1. The van der Waals surface area contributed by atoms with Gasteiger partial charge >= 0.3 is 0 Å². The second-order valence-corrected chi connectivity index (χ2v) is 7.21. The maximum Gasteiger partial charge on any atom is 0.139 e. The Kier molecular flexibility index (Phi) is 5.11. The van der Waals surface area contributed by atoms with Gasteiger partial charge in [-0.25, -0.2) is 9.97 Å². The zero-order chi connectivity index (χ0) is 17.1. The number of aliphatic hydroxyl groups excluding tert-OH is 1. The molecule has 24 heavy (non-hydrogen) atoms. The van der Waals surface area contributed by atoms with E-state index < -0.39 is 0 Å². The average molecular weight is 345 g/mol. The topological polar surface area (TPSA) is 75.9 Å². The Morgan fingerprint density at radius 3 is 2.92 bits per heavy atom. The summed E-state index contributed by atoms with van der Waals surface area (Å²) < 4.78 is 1.74. The molecule has 0 saturated carbocycles. The summed E-state index contributed by atoms with van der Waals surface area (Å²) >= 11 is 1.68. The first-order chi connectivity index (χ1) is 11.6. The van der Waals surface area contributed by atoms with E-state index in [9.17, 15) is 0 Å². The lowest BCUT2D eigenvalue weighted by Crippen LogP contribution is -2.05. The summed E-state index contributed by atoms with van der Waals surface area (Å²) in [5, 5.41) is 20.0. The molecule has 0 aliphatic heterocycles. The molecule has 128 valence electrons. The van der Waals surface area contributed by atoms with E-state index in [1.165, 1.54) is 5.56 Å². The van der Waals surface area contributed by atoms with Crippen LogP contribution < -0.4 is 5.32 Å². The molecule has 0 amide bonds. The second kappa shape index (κ2) is 7.27. The van der Waals surface area contributed by atoms with Crippen LogP contribution in [0.15, 0.2) is 17.8 Å². The Bertz CT molecular complexity index is 824. The van der Waals surface area contributed by atoms with Crippen LogP contribution in [-0.2, 0) is 19.5 Å². The zero-order valence-corrected chi connectivity index (χ0v) is 15.1. The van der Waals surface area contributed by atoms with Gasteiger partial charge in [0.2, 0.25) is 0 Å². The molecule has 0 radical (unpaired) electrons. The van der Waals surface area contributed by atoms with Gasteiger partial charge in [0.05, 0.1) is 24.7 Å². The molecule has 3 heterocycles. The van der Waals surface area contributed by atoms with Crippen molar-refractivity contribution in [2.75, 3.05) is 11.9 Å². The minimum atomic E-state index is 0.0910. The van der Waals surface area contributed by atoms with E-state index in [2.05, 4.69) is 39.6 Å². The fraction of sp³-hybridized carbons (Fsp3) is 0.471. The Labute approximate surface area is 145 Å². The molecular weight excluding hydrogens is 322 g/mol. The summed E-state index contributed by atoms with van der Waals surface area (Å²) in [6.07, 6.45) is 4.78. The van der Waals surface area contributed by atoms with Crippen molar-refractivity contribution >= 4 is 27.4 Å². The fourth-order valence-corrected chi connectivity index (χ4v) is 3.73. The molecule has 0 aliphatic rings. The Balaban J connectivity index is 1.85. The summed E-state index contributed by atoms with van der Waals surface area (Å²) in [5.74, 6) is 2.26. The normalized spacial score (nSPS) is 11.5. The van der Waals surface area contributed by atoms with Gasteiger partial charge in [0.15, 0.2) is 0 Å². The molecule has 0 unspecified atom stereocenters. The number of aliphatic hydroxyl groups is 1. The Hall–Kier alpha value is -1.99. The SMILES string of the molecule is Cc1nc(NCc2cnn(CCO)c2)c2c(CC(C)C)csc2n1. The minimum Gasteiger partial charge on any atom is -0.394 e. The Morgan fingerprint density at radius 1 is 1.33 bits per heavy atom. The van der Waals surface area contributed by atoms with Crippen LogP contribution in [0.25, 0.3) is 10.2 Å². The molecule has 3 rings (SSSR count). The molecule has 0 aromatic carbocycles. The smallest absolute Gasteiger partial charge is 0.139 e. The number of anilines is 1. The highest BCUT2D eigenvalue weighted by molar-refractivity contribution is 7.17. The van der Waals surface area contributed by atoms with Crippen LogP contribution in [-0.4, -0.2) is 31.5 Å². The van der Waals surface area contributed by atoms with Crippen molar-refractivity contribution < 1.29 is 5.11 Å². The second-order valence-electron chi connectivity index (χ2n) is 6.35. The Morgan fingerprint density at radius 2 is 2.17 bits per heavy atom. The first kappa shape index (κ1) is 16.9. The molecule has 6 nitrogen and oxygen atoms in total. The van der Waals surface area contributed by atoms with E-state index in [1.807, 2.05) is 19.3 Å². The lowest BCUT2D eigenvalue weighted by Gasteiger charge is -2.09. The third-order valence-corrected chi connectivity index (χ3v) is 4.65. The van der Waals surface area contributed by atoms with Gasteiger partial charge in [-0.15, -0.1) is 11.3 Å². The van der Waals surface area contributed by atoms with E-state index >= 15 is 0 Å². The van der Waals surface area contributed by atoms with Gasteiger partial charge in [-0.05, 0) is 30.2 Å². The van der Waals surface area contributed by atoms with E-state index in [0.29, 0.717) is 19.0 Å². The first-order valence-electron chi connectivity index (χ1n) is 8.17. The highest BCUT2D eigenvalue weighted by Crippen LogP contribution is 2.31. The van der Waals surface area contributed by atoms with E-state index in [4.69, 9.17) is 5.11 Å². The van der Waals surface area contributed by atoms with Crippen LogP contribution in [0.5, 0.6) is 0 Å². The number of nitrogens with zero attached hydrogens (tertiary/aromatic N) is 4. The van der Waals surface area contributed by atoms with E-state index in [0.717, 1.165) is 33.8 Å². The molecule has 0 atom stereocenters. The summed E-state index contributed by atoms with van der Waals surface area (Å²) in [5.41, 5.74) is 2.37. The zero-order valence-electron chi connectivity index (χ0n) is 14.3. The quantitative estimate of drug-likeness (QED) is 0.688. The monoisotopic (exact) mass is 345 g/mol. The lowest BCUT2D eigenvalue weighted by atomic mass is 10.0. The van der Waals surface area contributed by atoms with Gasteiger partial charge in [0.25, 0.3) is 0 Å². The van der Waals surface area contributed by atoms with Crippen molar-refractivity contribution in [3.8, 4) is 0 Å². The number of hydrogen-bond acceptors (Lipinski definition) is 6. The van der Waals surface area contributed by atoms with Crippen LogP contribution in [0, 0.1) is 12.8 Å². The molecule has 0 aliphatic carbocycles. The van der Waals surface area contributed by atoms with Crippen LogP contribution in [0.3, 0.4) is 0 Å². The average Bonchev–Trinajstić information content (AvgIpc) is 3.12. The maximum absolute atomic E-state index is 8.97. The van der Waals surface area contributed by atoms with Gasteiger partial charge in [-0.3, -0.25) is 4.68 Å². The van der Waals surface area contributed by atoms with Crippen molar-refractivity contribution in [1.29, 1.82) is 0 Å². The van der Waals surface area contributed by atoms with Gasteiger partial charge in [0, 0.05) is 18.3 Å².